The van der Waals surface area contributed by atoms with Crippen LogP contribution in [0.15, 0.2) is 72.4 Å². The van der Waals surface area contributed by atoms with E-state index in [1.54, 1.807) is 18.7 Å². The molecule has 0 spiro atoms. The minimum Gasteiger partial charge on any atom is -0.351 e. The Kier molecular flexibility index (Phi) is 5.28. The summed E-state index contributed by atoms with van der Waals surface area (Å²) in [5, 5.41) is 3.63. The number of nitrogens with one attached hydrogen (secondary N) is 1. The van der Waals surface area contributed by atoms with E-state index < -0.39 is 0 Å². The number of imidazole rings is 1. The van der Waals surface area contributed by atoms with Gasteiger partial charge in [0.15, 0.2) is 0 Å². The predicted octanol–water partition coefficient (Wildman–Crippen LogP) is 3.06. The molecule has 1 aromatic carbocycles. The molecule has 0 saturated carbocycles. The fourth-order valence-corrected chi connectivity index (χ4v) is 3.05. The zero-order valence-corrected chi connectivity index (χ0v) is 14.1. The smallest absolute Gasteiger partial charge is 0.233 e. The van der Waals surface area contributed by atoms with Gasteiger partial charge in [0.05, 0.1) is 16.6 Å². The molecule has 1 amide bonds. The third kappa shape index (κ3) is 4.23. The molecule has 2 heterocycles. The van der Waals surface area contributed by atoms with Crippen LogP contribution in [0.2, 0.25) is 0 Å². The second-order valence-electron chi connectivity index (χ2n) is 5.29. The maximum Gasteiger partial charge on any atom is 0.233 e. The first kappa shape index (κ1) is 16.3. The van der Waals surface area contributed by atoms with E-state index in [1.807, 2.05) is 60.2 Å². The first-order valence-electron chi connectivity index (χ1n) is 7.65. The summed E-state index contributed by atoms with van der Waals surface area (Å²) in [6.45, 7) is 2.38. The standard InChI is InChI=1S/C18H18N4OS/c1-14(24-17-7-2-3-8-20-17)18(23)21-12-15-5-4-6-16(11-15)22-10-9-19-13-22/h2-11,13-14H,12H2,1H3,(H,21,23)/t14-/m0/s1. The number of carbonyl (C=O) groups excluding carboxylic acids is 1. The van der Waals surface area contributed by atoms with E-state index >= 15 is 0 Å². The molecule has 5 nitrogen and oxygen atoms in total. The molecule has 0 aliphatic carbocycles. The molecule has 0 saturated heterocycles. The molecule has 3 aromatic rings. The van der Waals surface area contributed by atoms with Gasteiger partial charge >= 0.3 is 0 Å². The molecule has 0 fully saturated rings. The first-order chi connectivity index (χ1) is 11.7. The summed E-state index contributed by atoms with van der Waals surface area (Å²) in [6.07, 6.45) is 7.12. The van der Waals surface area contributed by atoms with Crippen molar-refractivity contribution < 1.29 is 4.79 Å². The van der Waals surface area contributed by atoms with Gasteiger partial charge < -0.3 is 9.88 Å². The Hall–Kier alpha value is -2.60. The van der Waals surface area contributed by atoms with Gasteiger partial charge in [0.1, 0.15) is 0 Å². The highest BCUT2D eigenvalue weighted by Crippen LogP contribution is 2.20. The number of benzene rings is 1. The minimum absolute atomic E-state index is 0.00122. The summed E-state index contributed by atoms with van der Waals surface area (Å²) in [7, 11) is 0. The van der Waals surface area contributed by atoms with Crippen molar-refractivity contribution in [3.63, 3.8) is 0 Å². The number of hydrogen-bond acceptors (Lipinski definition) is 4. The second kappa shape index (κ2) is 7.79. The fourth-order valence-electron chi connectivity index (χ4n) is 2.22. The van der Waals surface area contributed by atoms with E-state index in [0.29, 0.717) is 6.54 Å². The highest BCUT2D eigenvalue weighted by molar-refractivity contribution is 8.00. The highest BCUT2D eigenvalue weighted by atomic mass is 32.2. The van der Waals surface area contributed by atoms with Crippen LogP contribution < -0.4 is 5.32 Å². The number of nitrogens with zero attached hydrogens (tertiary/aromatic N) is 3. The van der Waals surface area contributed by atoms with Crippen molar-refractivity contribution in [1.82, 2.24) is 19.9 Å². The van der Waals surface area contributed by atoms with Gasteiger partial charge in [-0.15, -0.1) is 0 Å². The molecular formula is C18H18N4OS. The minimum atomic E-state index is -0.197. The number of hydrogen-bond donors (Lipinski definition) is 1. The summed E-state index contributed by atoms with van der Waals surface area (Å²) in [5.41, 5.74) is 2.07. The van der Waals surface area contributed by atoms with Crippen molar-refractivity contribution in [2.75, 3.05) is 0 Å². The van der Waals surface area contributed by atoms with Gasteiger partial charge in [0.25, 0.3) is 0 Å². The molecule has 6 heteroatoms. The fraction of sp³-hybridized carbons (Fsp3) is 0.167. The van der Waals surface area contributed by atoms with Crippen molar-refractivity contribution in [2.24, 2.45) is 0 Å². The number of rotatable bonds is 6. The molecule has 0 aliphatic heterocycles. The van der Waals surface area contributed by atoms with E-state index in [-0.39, 0.29) is 11.2 Å². The molecule has 122 valence electrons. The van der Waals surface area contributed by atoms with Gasteiger partial charge in [-0.1, -0.05) is 30.0 Å². The average Bonchev–Trinajstić information content (AvgIpc) is 3.15. The van der Waals surface area contributed by atoms with Crippen molar-refractivity contribution in [2.45, 2.75) is 23.7 Å². The van der Waals surface area contributed by atoms with Gasteiger partial charge in [-0.3, -0.25) is 4.79 Å². The summed E-state index contributed by atoms with van der Waals surface area (Å²) in [4.78, 5) is 20.5. The van der Waals surface area contributed by atoms with Crippen LogP contribution in [0, 0.1) is 0 Å². The van der Waals surface area contributed by atoms with Crippen molar-refractivity contribution in [3.05, 3.63) is 72.9 Å². The number of amides is 1. The summed E-state index contributed by atoms with van der Waals surface area (Å²) < 4.78 is 1.94. The molecule has 2 aromatic heterocycles. The van der Waals surface area contributed by atoms with Crippen LogP contribution in [0.4, 0.5) is 0 Å². The van der Waals surface area contributed by atoms with E-state index in [9.17, 15) is 4.79 Å². The number of thioether (sulfide) groups is 1. The van der Waals surface area contributed by atoms with E-state index in [2.05, 4.69) is 15.3 Å². The van der Waals surface area contributed by atoms with Crippen LogP contribution >= 0.6 is 11.8 Å². The molecule has 0 unspecified atom stereocenters. The summed E-state index contributed by atoms with van der Waals surface area (Å²) in [5.74, 6) is -0.00122. The Morgan fingerprint density at radius 1 is 1.25 bits per heavy atom. The Morgan fingerprint density at radius 2 is 2.17 bits per heavy atom. The lowest BCUT2D eigenvalue weighted by atomic mass is 10.2. The number of carbonyl (C=O) groups is 1. The van der Waals surface area contributed by atoms with Crippen molar-refractivity contribution in [1.29, 1.82) is 0 Å². The van der Waals surface area contributed by atoms with Gasteiger partial charge in [0.2, 0.25) is 5.91 Å². The lowest BCUT2D eigenvalue weighted by molar-refractivity contribution is -0.120. The van der Waals surface area contributed by atoms with Crippen LogP contribution in [-0.4, -0.2) is 25.7 Å². The SMILES string of the molecule is C[C@H](Sc1ccccn1)C(=O)NCc1cccc(-n2ccnc2)c1. The molecule has 1 atom stereocenters. The van der Waals surface area contributed by atoms with Gasteiger partial charge in [-0.2, -0.15) is 0 Å². The third-order valence-electron chi connectivity index (χ3n) is 3.48. The Labute approximate surface area is 145 Å². The number of aromatic nitrogens is 3. The molecule has 1 N–H and O–H groups in total. The van der Waals surface area contributed by atoms with E-state index in [1.165, 1.54) is 11.8 Å². The topological polar surface area (TPSA) is 59.8 Å². The van der Waals surface area contributed by atoms with E-state index in [4.69, 9.17) is 0 Å². The Bertz CT molecular complexity index is 790. The van der Waals surface area contributed by atoms with Crippen LogP contribution in [0.3, 0.4) is 0 Å². The summed E-state index contributed by atoms with van der Waals surface area (Å²) >= 11 is 1.45. The monoisotopic (exact) mass is 338 g/mol. The van der Waals surface area contributed by atoms with Crippen molar-refractivity contribution >= 4 is 17.7 Å². The Morgan fingerprint density at radius 3 is 2.92 bits per heavy atom. The summed E-state index contributed by atoms with van der Waals surface area (Å²) in [6, 6.07) is 13.7. The lowest BCUT2D eigenvalue weighted by Crippen LogP contribution is -2.30. The molecule has 24 heavy (non-hydrogen) atoms. The van der Waals surface area contributed by atoms with Crippen LogP contribution in [-0.2, 0) is 11.3 Å². The molecule has 0 aliphatic rings. The first-order valence-corrected chi connectivity index (χ1v) is 8.53. The van der Waals surface area contributed by atoms with Crippen LogP contribution in [0.5, 0.6) is 0 Å². The quantitative estimate of drug-likeness (QED) is 0.702. The molecular weight excluding hydrogens is 320 g/mol. The third-order valence-corrected chi connectivity index (χ3v) is 4.53. The predicted molar refractivity (Wildman–Crippen MR) is 95.0 cm³/mol. The second-order valence-corrected chi connectivity index (χ2v) is 6.65. The zero-order valence-electron chi connectivity index (χ0n) is 13.3. The molecule has 3 rings (SSSR count). The zero-order chi connectivity index (χ0) is 16.8. The van der Waals surface area contributed by atoms with E-state index in [0.717, 1.165) is 16.3 Å². The van der Waals surface area contributed by atoms with Gasteiger partial charge in [-0.25, -0.2) is 9.97 Å². The highest BCUT2D eigenvalue weighted by Gasteiger charge is 2.14. The van der Waals surface area contributed by atoms with Crippen molar-refractivity contribution in [3.8, 4) is 5.69 Å². The number of pyridine rings is 1. The maximum atomic E-state index is 12.3. The largest absolute Gasteiger partial charge is 0.351 e. The average molecular weight is 338 g/mol. The molecule has 0 bridgehead atoms. The van der Waals surface area contributed by atoms with Crippen LogP contribution in [0.25, 0.3) is 5.69 Å². The van der Waals surface area contributed by atoms with Gasteiger partial charge in [-0.05, 0) is 36.8 Å². The van der Waals surface area contributed by atoms with Gasteiger partial charge in [0, 0.05) is 30.8 Å². The normalized spacial score (nSPS) is 11.9. The maximum absolute atomic E-state index is 12.3. The lowest BCUT2D eigenvalue weighted by Gasteiger charge is -2.12. The molecule has 0 radical (unpaired) electrons. The van der Waals surface area contributed by atoms with Crippen LogP contribution in [0.1, 0.15) is 12.5 Å². The Balaban J connectivity index is 1.57.